The van der Waals surface area contributed by atoms with Crippen molar-refractivity contribution in [3.63, 3.8) is 0 Å². The number of benzene rings is 2. The molecule has 1 atom stereocenters. The molecule has 2 aromatic carbocycles. The Morgan fingerprint density at radius 2 is 1.82 bits per heavy atom. The molecule has 2 amide bonds. The third-order valence-electron chi connectivity index (χ3n) is 3.08. The zero-order chi connectivity index (χ0) is 15.9. The van der Waals surface area contributed by atoms with Gasteiger partial charge in [0.1, 0.15) is 0 Å². The summed E-state index contributed by atoms with van der Waals surface area (Å²) < 4.78 is 1.05. The van der Waals surface area contributed by atoms with Gasteiger partial charge in [-0.1, -0.05) is 36.4 Å². The summed E-state index contributed by atoms with van der Waals surface area (Å²) in [6, 6.07) is 16.7. The molecule has 0 spiro atoms. The van der Waals surface area contributed by atoms with Crippen LogP contribution in [0.25, 0.3) is 0 Å². The molecule has 114 valence electrons. The van der Waals surface area contributed by atoms with Crippen molar-refractivity contribution < 1.29 is 9.59 Å². The van der Waals surface area contributed by atoms with E-state index >= 15 is 0 Å². The summed E-state index contributed by atoms with van der Waals surface area (Å²) in [7, 11) is 0. The predicted octanol–water partition coefficient (Wildman–Crippen LogP) is 3.50. The molecule has 2 N–H and O–H groups in total. The minimum absolute atomic E-state index is 0.135. The highest BCUT2D eigenvalue weighted by Crippen LogP contribution is 2.18. The molecule has 4 nitrogen and oxygen atoms in total. The SMILES string of the molecule is CC(=O)NC(CC(=O)Nc1cccc(I)c1)c1ccccc1. The summed E-state index contributed by atoms with van der Waals surface area (Å²) in [4.78, 5) is 23.6. The van der Waals surface area contributed by atoms with Crippen molar-refractivity contribution in [2.24, 2.45) is 0 Å². The van der Waals surface area contributed by atoms with Gasteiger partial charge in [0.25, 0.3) is 0 Å². The van der Waals surface area contributed by atoms with Gasteiger partial charge in [0.2, 0.25) is 11.8 Å². The maximum Gasteiger partial charge on any atom is 0.226 e. The van der Waals surface area contributed by atoms with E-state index < -0.39 is 0 Å². The summed E-state index contributed by atoms with van der Waals surface area (Å²) in [5.41, 5.74) is 1.67. The second-order valence-corrected chi connectivity index (χ2v) is 6.17. The number of carbonyl (C=O) groups is 2. The van der Waals surface area contributed by atoms with Crippen molar-refractivity contribution in [1.29, 1.82) is 0 Å². The Morgan fingerprint density at radius 1 is 1.09 bits per heavy atom. The van der Waals surface area contributed by atoms with Crippen LogP contribution in [0.2, 0.25) is 0 Å². The van der Waals surface area contributed by atoms with Gasteiger partial charge in [-0.05, 0) is 46.4 Å². The fourth-order valence-electron chi connectivity index (χ4n) is 2.15. The summed E-state index contributed by atoms with van der Waals surface area (Å²) in [5.74, 6) is -0.291. The van der Waals surface area contributed by atoms with E-state index in [1.54, 1.807) is 0 Å². The van der Waals surface area contributed by atoms with Crippen LogP contribution in [0.3, 0.4) is 0 Å². The average Bonchev–Trinajstić information content (AvgIpc) is 2.47. The first-order valence-electron chi connectivity index (χ1n) is 6.92. The van der Waals surface area contributed by atoms with E-state index in [4.69, 9.17) is 0 Å². The van der Waals surface area contributed by atoms with E-state index in [2.05, 4.69) is 33.2 Å². The maximum absolute atomic E-state index is 12.2. The van der Waals surface area contributed by atoms with Gasteiger partial charge >= 0.3 is 0 Å². The van der Waals surface area contributed by atoms with Crippen molar-refractivity contribution in [2.75, 3.05) is 5.32 Å². The molecular formula is C17H17IN2O2. The highest BCUT2D eigenvalue weighted by atomic mass is 127. The normalized spacial score (nSPS) is 11.5. The molecule has 0 saturated carbocycles. The second-order valence-electron chi connectivity index (χ2n) is 4.93. The van der Waals surface area contributed by atoms with Crippen LogP contribution in [0.15, 0.2) is 54.6 Å². The second kappa shape index (κ2) is 7.93. The molecule has 0 aromatic heterocycles. The first-order valence-corrected chi connectivity index (χ1v) is 8.00. The molecule has 0 saturated heterocycles. The van der Waals surface area contributed by atoms with E-state index in [9.17, 15) is 9.59 Å². The lowest BCUT2D eigenvalue weighted by Crippen LogP contribution is -2.29. The van der Waals surface area contributed by atoms with E-state index in [-0.39, 0.29) is 24.3 Å². The Bertz CT molecular complexity index is 659. The zero-order valence-electron chi connectivity index (χ0n) is 12.2. The minimum atomic E-state index is -0.332. The average molecular weight is 408 g/mol. The summed E-state index contributed by atoms with van der Waals surface area (Å²) in [6.45, 7) is 1.45. The van der Waals surface area contributed by atoms with Crippen molar-refractivity contribution in [2.45, 2.75) is 19.4 Å². The van der Waals surface area contributed by atoms with E-state index in [0.717, 1.165) is 14.8 Å². The molecule has 0 aliphatic heterocycles. The number of rotatable bonds is 5. The van der Waals surface area contributed by atoms with E-state index in [1.807, 2.05) is 54.6 Å². The Kier molecular flexibility index (Phi) is 5.94. The highest BCUT2D eigenvalue weighted by molar-refractivity contribution is 14.1. The monoisotopic (exact) mass is 408 g/mol. The van der Waals surface area contributed by atoms with E-state index in [1.165, 1.54) is 6.92 Å². The van der Waals surface area contributed by atoms with Crippen LogP contribution in [0.4, 0.5) is 5.69 Å². The van der Waals surface area contributed by atoms with Crippen LogP contribution in [-0.2, 0) is 9.59 Å². The number of hydrogen-bond donors (Lipinski definition) is 2. The number of anilines is 1. The van der Waals surface area contributed by atoms with Gasteiger partial charge in [0.15, 0.2) is 0 Å². The molecule has 0 aliphatic carbocycles. The van der Waals surface area contributed by atoms with Crippen LogP contribution in [0.5, 0.6) is 0 Å². The molecule has 22 heavy (non-hydrogen) atoms. The van der Waals surface area contributed by atoms with Gasteiger partial charge in [-0.25, -0.2) is 0 Å². The number of nitrogens with one attached hydrogen (secondary N) is 2. The lowest BCUT2D eigenvalue weighted by molar-refractivity contribution is -0.120. The zero-order valence-corrected chi connectivity index (χ0v) is 14.3. The molecular weight excluding hydrogens is 391 g/mol. The van der Waals surface area contributed by atoms with Crippen LogP contribution < -0.4 is 10.6 Å². The Morgan fingerprint density at radius 3 is 2.45 bits per heavy atom. The third-order valence-corrected chi connectivity index (χ3v) is 3.75. The smallest absolute Gasteiger partial charge is 0.226 e. The van der Waals surface area contributed by atoms with Gasteiger partial charge in [-0.15, -0.1) is 0 Å². The van der Waals surface area contributed by atoms with E-state index in [0.29, 0.717) is 0 Å². The topological polar surface area (TPSA) is 58.2 Å². The minimum Gasteiger partial charge on any atom is -0.349 e. The van der Waals surface area contributed by atoms with Crippen molar-refractivity contribution >= 4 is 40.1 Å². The fraction of sp³-hybridized carbons (Fsp3) is 0.176. The Hall–Kier alpha value is -1.89. The molecule has 1 unspecified atom stereocenters. The molecule has 0 fully saturated rings. The van der Waals surface area contributed by atoms with Gasteiger partial charge in [-0.2, -0.15) is 0 Å². The fourth-order valence-corrected chi connectivity index (χ4v) is 2.69. The molecule has 5 heteroatoms. The molecule has 0 aliphatic rings. The van der Waals surface area contributed by atoms with Gasteiger partial charge in [0, 0.05) is 16.2 Å². The molecule has 0 radical (unpaired) electrons. The first-order chi connectivity index (χ1) is 10.5. The molecule has 2 aromatic rings. The van der Waals surface area contributed by atoms with Crippen LogP contribution >= 0.6 is 22.6 Å². The third kappa shape index (κ3) is 5.14. The summed E-state index contributed by atoms with van der Waals surface area (Å²) in [6.07, 6.45) is 0.190. The number of carbonyl (C=O) groups excluding carboxylic acids is 2. The maximum atomic E-state index is 12.2. The Balaban J connectivity index is 2.06. The van der Waals surface area contributed by atoms with Crippen molar-refractivity contribution in [3.8, 4) is 0 Å². The quantitative estimate of drug-likeness (QED) is 0.745. The molecule has 2 rings (SSSR count). The summed E-state index contributed by atoms with van der Waals surface area (Å²) in [5, 5.41) is 5.68. The Labute approximate surface area is 143 Å². The van der Waals surface area contributed by atoms with Gasteiger partial charge < -0.3 is 10.6 Å². The lowest BCUT2D eigenvalue weighted by atomic mass is 10.0. The molecule has 0 bridgehead atoms. The van der Waals surface area contributed by atoms with Crippen molar-refractivity contribution in [3.05, 3.63) is 63.7 Å². The standard InChI is InChI=1S/C17H17IN2O2/c1-12(21)19-16(13-6-3-2-4-7-13)11-17(22)20-15-9-5-8-14(18)10-15/h2-10,16H,11H2,1H3,(H,19,21)(H,20,22). The predicted molar refractivity (Wildman–Crippen MR) is 95.4 cm³/mol. The lowest BCUT2D eigenvalue weighted by Gasteiger charge is -2.18. The first kappa shape index (κ1) is 16.5. The number of halogens is 1. The molecule has 0 heterocycles. The van der Waals surface area contributed by atoms with Gasteiger partial charge in [-0.3, -0.25) is 9.59 Å². The largest absolute Gasteiger partial charge is 0.349 e. The van der Waals surface area contributed by atoms with Crippen molar-refractivity contribution in [1.82, 2.24) is 5.32 Å². The number of hydrogen-bond acceptors (Lipinski definition) is 2. The summed E-state index contributed by atoms with van der Waals surface area (Å²) >= 11 is 2.19. The van der Waals surface area contributed by atoms with Crippen LogP contribution in [-0.4, -0.2) is 11.8 Å². The highest BCUT2D eigenvalue weighted by Gasteiger charge is 2.17. The van der Waals surface area contributed by atoms with Crippen LogP contribution in [0.1, 0.15) is 24.9 Å². The van der Waals surface area contributed by atoms with Crippen LogP contribution in [0, 0.1) is 3.57 Å². The number of amides is 2. The van der Waals surface area contributed by atoms with Gasteiger partial charge in [0.05, 0.1) is 12.5 Å².